The Kier molecular flexibility index (Phi) is 3.38. The van der Waals surface area contributed by atoms with E-state index >= 15 is 0 Å². The number of hydrogen-bond acceptors (Lipinski definition) is 4. The van der Waals surface area contributed by atoms with Gasteiger partial charge in [-0.1, -0.05) is 13.8 Å². The van der Waals surface area contributed by atoms with Crippen LogP contribution in [0.5, 0.6) is 0 Å². The molecule has 2 heterocycles. The van der Waals surface area contributed by atoms with Gasteiger partial charge in [0, 0.05) is 11.6 Å². The predicted octanol–water partition coefficient (Wildman–Crippen LogP) is 1.58. The van der Waals surface area contributed by atoms with Crippen molar-refractivity contribution >= 4 is 11.3 Å². The predicted molar refractivity (Wildman–Crippen MR) is 64.1 cm³/mol. The summed E-state index contributed by atoms with van der Waals surface area (Å²) in [5.74, 6) is 0.595. The minimum Gasteiger partial charge on any atom is -0.316 e. The summed E-state index contributed by atoms with van der Waals surface area (Å²) in [5.41, 5.74) is 0.105. The Morgan fingerprint density at radius 3 is 3.20 bits per heavy atom. The average Bonchev–Trinajstić information content (AvgIpc) is 2.75. The van der Waals surface area contributed by atoms with Gasteiger partial charge in [0.05, 0.1) is 5.54 Å². The van der Waals surface area contributed by atoms with Gasteiger partial charge >= 0.3 is 0 Å². The van der Waals surface area contributed by atoms with E-state index in [1.54, 1.807) is 11.3 Å². The normalized spacial score (nSPS) is 31.7. The second kappa shape index (κ2) is 4.60. The van der Waals surface area contributed by atoms with Gasteiger partial charge in [0.15, 0.2) is 0 Å². The maximum atomic E-state index is 4.51. The minimum absolute atomic E-state index is 0.105. The molecule has 2 rings (SSSR count). The van der Waals surface area contributed by atoms with E-state index in [1.165, 1.54) is 5.01 Å². The van der Waals surface area contributed by atoms with Crippen LogP contribution in [0.25, 0.3) is 0 Å². The van der Waals surface area contributed by atoms with E-state index in [1.807, 2.05) is 6.20 Å². The molecular formula is C11H19N3S. The van der Waals surface area contributed by atoms with Crippen molar-refractivity contribution in [3.8, 4) is 0 Å². The highest BCUT2D eigenvalue weighted by Crippen LogP contribution is 2.35. The third kappa shape index (κ3) is 1.94. The second-order valence-corrected chi connectivity index (χ2v) is 5.09. The van der Waals surface area contributed by atoms with Crippen LogP contribution in [-0.4, -0.2) is 24.6 Å². The molecule has 2 atom stereocenters. The molecule has 1 aliphatic rings. The summed E-state index contributed by atoms with van der Waals surface area (Å²) in [4.78, 5) is 4.51. The standard InChI is InChI=1S/C11H19N3S/c1-3-14-11(10-13-6-7-15-10)4-5-12-8-9(11)2/h6-7,9,12,14H,3-5,8H2,1-2H3. The van der Waals surface area contributed by atoms with Crippen LogP contribution in [-0.2, 0) is 5.54 Å². The van der Waals surface area contributed by atoms with E-state index in [4.69, 9.17) is 0 Å². The first-order valence-corrected chi connectivity index (χ1v) is 6.53. The highest BCUT2D eigenvalue weighted by Gasteiger charge is 2.40. The molecule has 1 aromatic heterocycles. The van der Waals surface area contributed by atoms with Gasteiger partial charge < -0.3 is 10.6 Å². The van der Waals surface area contributed by atoms with Gasteiger partial charge in [-0.2, -0.15) is 0 Å². The van der Waals surface area contributed by atoms with E-state index in [-0.39, 0.29) is 5.54 Å². The number of hydrogen-bond donors (Lipinski definition) is 2. The summed E-state index contributed by atoms with van der Waals surface area (Å²) >= 11 is 1.77. The Bertz CT molecular complexity index is 295. The molecule has 2 N–H and O–H groups in total. The van der Waals surface area contributed by atoms with Gasteiger partial charge in [0.25, 0.3) is 0 Å². The molecule has 1 saturated heterocycles. The van der Waals surface area contributed by atoms with Crippen molar-refractivity contribution in [2.75, 3.05) is 19.6 Å². The average molecular weight is 225 g/mol. The lowest BCUT2D eigenvalue weighted by Gasteiger charge is -2.42. The minimum atomic E-state index is 0.105. The highest BCUT2D eigenvalue weighted by atomic mass is 32.1. The van der Waals surface area contributed by atoms with Crippen molar-refractivity contribution in [3.63, 3.8) is 0 Å². The molecule has 0 aliphatic carbocycles. The van der Waals surface area contributed by atoms with Crippen LogP contribution in [0.2, 0.25) is 0 Å². The fourth-order valence-electron chi connectivity index (χ4n) is 2.44. The lowest BCUT2D eigenvalue weighted by Crippen LogP contribution is -2.55. The van der Waals surface area contributed by atoms with E-state index < -0.39 is 0 Å². The molecule has 1 aliphatic heterocycles. The van der Waals surface area contributed by atoms with E-state index in [2.05, 4.69) is 34.8 Å². The summed E-state index contributed by atoms with van der Waals surface area (Å²) in [6, 6.07) is 0. The first-order chi connectivity index (χ1) is 7.29. The van der Waals surface area contributed by atoms with Crippen LogP contribution in [0.3, 0.4) is 0 Å². The zero-order valence-electron chi connectivity index (χ0n) is 9.42. The largest absolute Gasteiger partial charge is 0.316 e. The topological polar surface area (TPSA) is 37.0 Å². The quantitative estimate of drug-likeness (QED) is 0.820. The molecule has 0 spiro atoms. The van der Waals surface area contributed by atoms with Crippen molar-refractivity contribution in [2.45, 2.75) is 25.8 Å². The SMILES string of the molecule is CCNC1(c2nccs2)CCNCC1C. The molecule has 0 amide bonds. The van der Waals surface area contributed by atoms with Crippen LogP contribution in [0.15, 0.2) is 11.6 Å². The molecule has 0 radical (unpaired) electrons. The molecule has 0 aromatic carbocycles. The maximum absolute atomic E-state index is 4.51. The molecule has 1 fully saturated rings. The molecule has 0 saturated carbocycles. The van der Waals surface area contributed by atoms with Crippen molar-refractivity contribution < 1.29 is 0 Å². The van der Waals surface area contributed by atoms with Crippen LogP contribution in [0.1, 0.15) is 25.3 Å². The van der Waals surface area contributed by atoms with E-state index in [0.29, 0.717) is 5.92 Å². The van der Waals surface area contributed by atoms with E-state index in [0.717, 1.165) is 26.1 Å². The zero-order chi connectivity index (χ0) is 10.7. The summed E-state index contributed by atoms with van der Waals surface area (Å²) < 4.78 is 0. The van der Waals surface area contributed by atoms with Gasteiger partial charge in [-0.25, -0.2) is 4.98 Å². The van der Waals surface area contributed by atoms with Gasteiger partial charge in [-0.15, -0.1) is 11.3 Å². The fourth-order valence-corrected chi connectivity index (χ4v) is 3.40. The smallest absolute Gasteiger partial charge is 0.113 e. The summed E-state index contributed by atoms with van der Waals surface area (Å²) in [5, 5.41) is 10.4. The first-order valence-electron chi connectivity index (χ1n) is 5.65. The zero-order valence-corrected chi connectivity index (χ0v) is 10.2. The first kappa shape index (κ1) is 11.0. The third-order valence-corrected chi connectivity index (χ3v) is 4.24. The van der Waals surface area contributed by atoms with Gasteiger partial charge in [-0.05, 0) is 32.0 Å². The lowest BCUT2D eigenvalue weighted by atomic mass is 9.80. The fraction of sp³-hybridized carbons (Fsp3) is 0.727. The number of rotatable bonds is 3. The van der Waals surface area contributed by atoms with Gasteiger partial charge in [0.1, 0.15) is 5.01 Å². The molecule has 3 nitrogen and oxygen atoms in total. The maximum Gasteiger partial charge on any atom is 0.113 e. The summed E-state index contributed by atoms with van der Waals surface area (Å²) in [6.07, 6.45) is 3.05. The van der Waals surface area contributed by atoms with Crippen LogP contribution >= 0.6 is 11.3 Å². The number of nitrogens with zero attached hydrogens (tertiary/aromatic N) is 1. The molecular weight excluding hydrogens is 206 g/mol. The van der Waals surface area contributed by atoms with Crippen molar-refractivity contribution in [2.24, 2.45) is 5.92 Å². The lowest BCUT2D eigenvalue weighted by molar-refractivity contribution is 0.170. The number of aromatic nitrogens is 1. The summed E-state index contributed by atoms with van der Waals surface area (Å²) in [7, 11) is 0. The third-order valence-electron chi connectivity index (χ3n) is 3.29. The van der Waals surface area contributed by atoms with Gasteiger partial charge in [-0.3, -0.25) is 0 Å². The van der Waals surface area contributed by atoms with Crippen molar-refractivity contribution in [3.05, 3.63) is 16.6 Å². The molecule has 2 unspecified atom stereocenters. The number of piperidine rings is 1. The Morgan fingerprint density at radius 2 is 2.60 bits per heavy atom. The Hall–Kier alpha value is -0.450. The number of nitrogens with one attached hydrogen (secondary N) is 2. The van der Waals surface area contributed by atoms with Crippen LogP contribution in [0.4, 0.5) is 0 Å². The second-order valence-electron chi connectivity index (χ2n) is 4.19. The van der Waals surface area contributed by atoms with Gasteiger partial charge in [0.2, 0.25) is 0 Å². The van der Waals surface area contributed by atoms with Crippen LogP contribution in [0, 0.1) is 5.92 Å². The molecule has 4 heteroatoms. The van der Waals surface area contributed by atoms with Crippen LogP contribution < -0.4 is 10.6 Å². The monoisotopic (exact) mass is 225 g/mol. The Labute approximate surface area is 95.3 Å². The Balaban J connectivity index is 2.30. The molecule has 15 heavy (non-hydrogen) atoms. The highest BCUT2D eigenvalue weighted by molar-refractivity contribution is 7.09. The number of thiazole rings is 1. The summed E-state index contributed by atoms with van der Waals surface area (Å²) in [6.45, 7) is 7.63. The Morgan fingerprint density at radius 1 is 1.73 bits per heavy atom. The molecule has 84 valence electrons. The van der Waals surface area contributed by atoms with E-state index in [9.17, 15) is 0 Å². The van der Waals surface area contributed by atoms with Crippen molar-refractivity contribution in [1.29, 1.82) is 0 Å². The molecule has 0 bridgehead atoms. The van der Waals surface area contributed by atoms with Crippen molar-refractivity contribution in [1.82, 2.24) is 15.6 Å². The molecule has 1 aromatic rings.